The molecular formula is C14H18Cl2N2O2. The van der Waals surface area contributed by atoms with Crippen molar-refractivity contribution in [3.63, 3.8) is 0 Å². The zero-order valence-electron chi connectivity index (χ0n) is 11.5. The van der Waals surface area contributed by atoms with E-state index in [0.29, 0.717) is 28.8 Å². The van der Waals surface area contributed by atoms with E-state index in [0.717, 1.165) is 0 Å². The topological polar surface area (TPSA) is 41.6 Å². The second-order valence-electron chi connectivity index (χ2n) is 5.03. The Labute approximate surface area is 129 Å². The maximum absolute atomic E-state index is 12.2. The molecule has 4 nitrogen and oxygen atoms in total. The Morgan fingerprint density at radius 3 is 2.65 bits per heavy atom. The highest BCUT2D eigenvalue weighted by atomic mass is 35.5. The third kappa shape index (κ3) is 4.01. The standard InChI is InChI=1S/C14H18Cl2N2O2/c1-9-7-18(8-10(2)20-9)14(19)6-17-13-5-11(15)3-4-12(13)16/h3-5,9-10,17H,6-8H2,1-2H3/t9-,10-/m1/s1. The predicted molar refractivity (Wildman–Crippen MR) is 81.5 cm³/mol. The van der Waals surface area contributed by atoms with Gasteiger partial charge < -0.3 is 15.0 Å². The lowest BCUT2D eigenvalue weighted by Gasteiger charge is -2.35. The molecule has 1 aliphatic heterocycles. The van der Waals surface area contributed by atoms with E-state index in [1.165, 1.54) is 0 Å². The van der Waals surface area contributed by atoms with Crippen LogP contribution in [0.3, 0.4) is 0 Å². The summed E-state index contributed by atoms with van der Waals surface area (Å²) in [4.78, 5) is 14.0. The Kier molecular flexibility index (Phi) is 5.13. The van der Waals surface area contributed by atoms with Crippen LogP contribution in [0.4, 0.5) is 5.69 Å². The summed E-state index contributed by atoms with van der Waals surface area (Å²) in [6, 6.07) is 5.12. The molecule has 1 amide bonds. The number of carbonyl (C=O) groups is 1. The maximum atomic E-state index is 12.2. The quantitative estimate of drug-likeness (QED) is 0.932. The summed E-state index contributed by atoms with van der Waals surface area (Å²) >= 11 is 12.0. The zero-order chi connectivity index (χ0) is 14.7. The number of hydrogen-bond donors (Lipinski definition) is 1. The van der Waals surface area contributed by atoms with Crippen LogP contribution in [0.25, 0.3) is 0 Å². The molecule has 1 N–H and O–H groups in total. The van der Waals surface area contributed by atoms with E-state index < -0.39 is 0 Å². The first kappa shape index (κ1) is 15.4. The number of hydrogen-bond acceptors (Lipinski definition) is 3. The summed E-state index contributed by atoms with van der Waals surface area (Å²) in [7, 11) is 0. The molecule has 2 rings (SSSR count). The van der Waals surface area contributed by atoms with Gasteiger partial charge in [0.15, 0.2) is 0 Å². The monoisotopic (exact) mass is 316 g/mol. The SMILES string of the molecule is C[C@@H]1CN(C(=O)CNc2cc(Cl)ccc2Cl)C[C@@H](C)O1. The average molecular weight is 317 g/mol. The largest absolute Gasteiger partial charge is 0.375 e. The van der Waals surface area contributed by atoms with E-state index >= 15 is 0 Å². The predicted octanol–water partition coefficient (Wildman–Crippen LogP) is 3.04. The van der Waals surface area contributed by atoms with Gasteiger partial charge in [0.2, 0.25) is 5.91 Å². The highest BCUT2D eigenvalue weighted by molar-refractivity contribution is 6.35. The Morgan fingerprint density at radius 2 is 2.00 bits per heavy atom. The lowest BCUT2D eigenvalue weighted by molar-refractivity contribution is -0.141. The number of anilines is 1. The summed E-state index contributed by atoms with van der Waals surface area (Å²) in [5.74, 6) is 0.0306. The van der Waals surface area contributed by atoms with Gasteiger partial charge in [-0.25, -0.2) is 0 Å². The van der Waals surface area contributed by atoms with E-state index in [9.17, 15) is 4.79 Å². The van der Waals surface area contributed by atoms with Gasteiger partial charge in [0, 0.05) is 18.1 Å². The van der Waals surface area contributed by atoms with Crippen LogP contribution in [0, 0.1) is 0 Å². The average Bonchev–Trinajstić information content (AvgIpc) is 2.38. The minimum Gasteiger partial charge on any atom is -0.375 e. The minimum absolute atomic E-state index is 0.0306. The van der Waals surface area contributed by atoms with Crippen molar-refractivity contribution in [3.05, 3.63) is 28.2 Å². The molecule has 0 aliphatic carbocycles. The van der Waals surface area contributed by atoms with Gasteiger partial charge >= 0.3 is 0 Å². The van der Waals surface area contributed by atoms with Crippen molar-refractivity contribution in [2.24, 2.45) is 0 Å². The molecule has 1 saturated heterocycles. The van der Waals surface area contributed by atoms with Gasteiger partial charge in [0.1, 0.15) is 0 Å². The van der Waals surface area contributed by atoms with E-state index in [4.69, 9.17) is 27.9 Å². The molecule has 1 aromatic rings. The fourth-order valence-electron chi connectivity index (χ4n) is 2.30. The number of rotatable bonds is 3. The number of morpholine rings is 1. The third-order valence-electron chi connectivity index (χ3n) is 3.13. The van der Waals surface area contributed by atoms with Gasteiger partial charge in [-0.1, -0.05) is 23.2 Å². The molecule has 1 aromatic carbocycles. The Balaban J connectivity index is 1.93. The van der Waals surface area contributed by atoms with E-state index in [1.54, 1.807) is 18.2 Å². The lowest BCUT2D eigenvalue weighted by Crippen LogP contribution is -2.49. The van der Waals surface area contributed by atoms with Crippen molar-refractivity contribution >= 4 is 34.8 Å². The number of amides is 1. The Morgan fingerprint density at radius 1 is 1.35 bits per heavy atom. The second kappa shape index (κ2) is 6.66. The van der Waals surface area contributed by atoms with Gasteiger partial charge in [-0.05, 0) is 32.0 Å². The molecule has 0 spiro atoms. The van der Waals surface area contributed by atoms with Crippen molar-refractivity contribution in [1.29, 1.82) is 0 Å². The van der Waals surface area contributed by atoms with Gasteiger partial charge in [-0.3, -0.25) is 4.79 Å². The third-order valence-corrected chi connectivity index (χ3v) is 3.70. The van der Waals surface area contributed by atoms with E-state index in [1.807, 2.05) is 18.7 Å². The van der Waals surface area contributed by atoms with Crippen LogP contribution >= 0.6 is 23.2 Å². The van der Waals surface area contributed by atoms with Crippen LogP contribution in [0.2, 0.25) is 10.0 Å². The first-order valence-electron chi connectivity index (χ1n) is 6.58. The molecule has 0 aromatic heterocycles. The van der Waals surface area contributed by atoms with Crippen molar-refractivity contribution < 1.29 is 9.53 Å². The fraction of sp³-hybridized carbons (Fsp3) is 0.500. The molecule has 1 fully saturated rings. The van der Waals surface area contributed by atoms with Crippen molar-refractivity contribution in [2.45, 2.75) is 26.1 Å². The molecule has 1 aliphatic rings. The first-order valence-corrected chi connectivity index (χ1v) is 7.33. The van der Waals surface area contributed by atoms with Gasteiger partial charge in [0.05, 0.1) is 29.5 Å². The Bertz CT molecular complexity index is 486. The van der Waals surface area contributed by atoms with Crippen molar-refractivity contribution in [1.82, 2.24) is 4.90 Å². The second-order valence-corrected chi connectivity index (χ2v) is 5.88. The molecule has 0 bridgehead atoms. The summed E-state index contributed by atoms with van der Waals surface area (Å²) in [6.45, 7) is 5.37. The minimum atomic E-state index is 0.0306. The summed E-state index contributed by atoms with van der Waals surface area (Å²) < 4.78 is 5.61. The summed E-state index contributed by atoms with van der Waals surface area (Å²) in [5, 5.41) is 4.16. The molecular weight excluding hydrogens is 299 g/mol. The van der Waals surface area contributed by atoms with E-state index in [2.05, 4.69) is 5.32 Å². The van der Waals surface area contributed by atoms with E-state index in [-0.39, 0.29) is 24.7 Å². The normalized spacial score (nSPS) is 22.7. The van der Waals surface area contributed by atoms with Gasteiger partial charge in [-0.2, -0.15) is 0 Å². The van der Waals surface area contributed by atoms with Gasteiger partial charge in [0.25, 0.3) is 0 Å². The summed E-state index contributed by atoms with van der Waals surface area (Å²) in [5.41, 5.74) is 0.668. The summed E-state index contributed by atoms with van der Waals surface area (Å²) in [6.07, 6.45) is 0.134. The molecule has 1 heterocycles. The van der Waals surface area contributed by atoms with Crippen LogP contribution in [-0.4, -0.2) is 42.6 Å². The Hall–Kier alpha value is -0.970. The number of carbonyl (C=O) groups excluding carboxylic acids is 1. The van der Waals surface area contributed by atoms with Crippen molar-refractivity contribution in [2.75, 3.05) is 25.0 Å². The van der Waals surface area contributed by atoms with Crippen LogP contribution in [0.5, 0.6) is 0 Å². The smallest absolute Gasteiger partial charge is 0.242 e. The molecule has 0 unspecified atom stereocenters. The first-order chi connectivity index (χ1) is 9.45. The highest BCUT2D eigenvalue weighted by Crippen LogP contribution is 2.25. The van der Waals surface area contributed by atoms with Crippen LogP contribution in [0.1, 0.15) is 13.8 Å². The molecule has 0 saturated carbocycles. The van der Waals surface area contributed by atoms with Crippen LogP contribution < -0.4 is 5.32 Å². The number of halogens is 2. The number of nitrogens with zero attached hydrogens (tertiary/aromatic N) is 1. The highest BCUT2D eigenvalue weighted by Gasteiger charge is 2.25. The molecule has 6 heteroatoms. The van der Waals surface area contributed by atoms with Gasteiger partial charge in [-0.15, -0.1) is 0 Å². The zero-order valence-corrected chi connectivity index (χ0v) is 13.0. The molecule has 0 radical (unpaired) electrons. The molecule has 20 heavy (non-hydrogen) atoms. The maximum Gasteiger partial charge on any atom is 0.242 e. The number of ether oxygens (including phenoxy) is 1. The molecule has 110 valence electrons. The molecule has 2 atom stereocenters. The number of nitrogens with one attached hydrogen (secondary N) is 1. The number of benzene rings is 1. The van der Waals surface area contributed by atoms with Crippen molar-refractivity contribution in [3.8, 4) is 0 Å². The van der Waals surface area contributed by atoms with Crippen LogP contribution in [-0.2, 0) is 9.53 Å². The lowest BCUT2D eigenvalue weighted by atomic mass is 10.2. The van der Waals surface area contributed by atoms with Crippen LogP contribution in [0.15, 0.2) is 18.2 Å². The fourth-order valence-corrected chi connectivity index (χ4v) is 2.65.